The van der Waals surface area contributed by atoms with Crippen molar-refractivity contribution >= 4 is 6.29 Å². The Hall–Kier alpha value is -0.590. The van der Waals surface area contributed by atoms with Crippen LogP contribution < -0.4 is 0 Å². The second kappa shape index (κ2) is 2.71. The Balaban J connectivity index is 3.47. The maximum absolute atomic E-state index is 11.2. The van der Waals surface area contributed by atoms with Crippen LogP contribution in [-0.4, -0.2) is 6.29 Å². The second-order valence-electron chi connectivity index (χ2n) is 6.03. The highest BCUT2D eigenvalue weighted by Gasteiger charge is 2.56. The Morgan fingerprint density at radius 3 is 1.50 bits per heavy atom. The maximum atomic E-state index is 11.2. The third-order valence-electron chi connectivity index (χ3n) is 5.26. The van der Waals surface area contributed by atoms with Gasteiger partial charge in [-0.25, -0.2) is 0 Å². The zero-order valence-electron chi connectivity index (χ0n) is 10.5. The summed E-state index contributed by atoms with van der Waals surface area (Å²) in [5.41, 5.74) is 2.45. The first kappa shape index (κ1) is 11.5. The van der Waals surface area contributed by atoms with Gasteiger partial charge in [-0.2, -0.15) is 0 Å². The van der Waals surface area contributed by atoms with Crippen molar-refractivity contribution < 1.29 is 4.79 Å². The maximum Gasteiger partial charge on any atom is 0.146 e. The van der Waals surface area contributed by atoms with E-state index in [0.29, 0.717) is 0 Å². The number of aldehydes is 1. The molecule has 0 atom stereocenters. The normalized spacial score (nSPS) is 27.9. The highest BCUT2D eigenvalue weighted by atomic mass is 16.1. The number of hydrogen-bond donors (Lipinski definition) is 0. The Bertz CT molecular complexity index is 303. The predicted molar refractivity (Wildman–Crippen MR) is 60.1 cm³/mol. The summed E-state index contributed by atoms with van der Waals surface area (Å²) in [6.45, 7) is 15.4. The van der Waals surface area contributed by atoms with Gasteiger partial charge in [-0.3, -0.25) is 4.79 Å². The van der Waals surface area contributed by atoms with E-state index in [-0.39, 0.29) is 16.2 Å². The lowest BCUT2D eigenvalue weighted by Crippen LogP contribution is -2.39. The van der Waals surface area contributed by atoms with Crippen LogP contribution in [0.15, 0.2) is 11.1 Å². The Morgan fingerprint density at radius 1 is 0.929 bits per heavy atom. The van der Waals surface area contributed by atoms with Crippen molar-refractivity contribution in [3.05, 3.63) is 11.1 Å². The Morgan fingerprint density at radius 2 is 1.36 bits per heavy atom. The molecule has 0 aromatic heterocycles. The van der Waals surface area contributed by atoms with Gasteiger partial charge in [0.05, 0.1) is 0 Å². The second-order valence-corrected chi connectivity index (χ2v) is 6.03. The molecule has 14 heavy (non-hydrogen) atoms. The molecular weight excluding hydrogens is 172 g/mol. The summed E-state index contributed by atoms with van der Waals surface area (Å²) in [4.78, 5) is 11.2. The SMILES string of the molecule is CC1=C(C=O)C(C)(C)C(C)(C)C1(C)C. The smallest absolute Gasteiger partial charge is 0.146 e. The first-order valence-electron chi connectivity index (χ1n) is 5.27. The highest BCUT2D eigenvalue weighted by molar-refractivity contribution is 5.79. The minimum Gasteiger partial charge on any atom is -0.298 e. The molecule has 0 bridgehead atoms. The lowest BCUT2D eigenvalue weighted by Gasteiger charge is -2.45. The quantitative estimate of drug-likeness (QED) is 0.583. The molecule has 0 saturated carbocycles. The molecule has 0 aromatic carbocycles. The lowest BCUT2D eigenvalue weighted by atomic mass is 9.58. The van der Waals surface area contributed by atoms with Crippen LogP contribution in [0.1, 0.15) is 48.5 Å². The fourth-order valence-corrected chi connectivity index (χ4v) is 2.63. The molecular formula is C13H22O. The standard InChI is InChI=1S/C13H22O/c1-9-10(8-14)12(4,5)13(6,7)11(9,2)3/h8H,1-7H3. The van der Waals surface area contributed by atoms with Gasteiger partial charge in [-0.1, -0.05) is 47.1 Å². The van der Waals surface area contributed by atoms with Crippen molar-refractivity contribution in [2.24, 2.45) is 16.2 Å². The third-order valence-corrected chi connectivity index (χ3v) is 5.26. The van der Waals surface area contributed by atoms with Crippen molar-refractivity contribution in [1.29, 1.82) is 0 Å². The van der Waals surface area contributed by atoms with Crippen LogP contribution >= 0.6 is 0 Å². The highest BCUT2D eigenvalue weighted by Crippen LogP contribution is 2.63. The van der Waals surface area contributed by atoms with Crippen LogP contribution in [0.4, 0.5) is 0 Å². The van der Waals surface area contributed by atoms with Crippen LogP contribution in [-0.2, 0) is 4.79 Å². The third kappa shape index (κ3) is 0.986. The average Bonchev–Trinajstić information content (AvgIpc) is 2.10. The molecule has 0 unspecified atom stereocenters. The molecule has 0 amide bonds. The Kier molecular flexibility index (Phi) is 2.22. The van der Waals surface area contributed by atoms with Crippen molar-refractivity contribution in [1.82, 2.24) is 0 Å². The summed E-state index contributed by atoms with van der Waals surface area (Å²) in [6.07, 6.45) is 1.05. The average molecular weight is 194 g/mol. The van der Waals surface area contributed by atoms with E-state index in [1.165, 1.54) is 5.57 Å². The van der Waals surface area contributed by atoms with Gasteiger partial charge in [0.1, 0.15) is 6.29 Å². The molecule has 0 saturated heterocycles. The first-order valence-corrected chi connectivity index (χ1v) is 5.27. The van der Waals surface area contributed by atoms with Gasteiger partial charge in [0.2, 0.25) is 0 Å². The van der Waals surface area contributed by atoms with E-state index in [1.807, 2.05) is 0 Å². The van der Waals surface area contributed by atoms with Crippen molar-refractivity contribution in [2.45, 2.75) is 48.5 Å². The fraction of sp³-hybridized carbons (Fsp3) is 0.769. The van der Waals surface area contributed by atoms with Gasteiger partial charge < -0.3 is 0 Å². The molecule has 0 heterocycles. The van der Waals surface area contributed by atoms with E-state index in [1.54, 1.807) is 0 Å². The number of carbonyl (C=O) groups excluding carboxylic acids is 1. The van der Waals surface area contributed by atoms with E-state index in [4.69, 9.17) is 0 Å². The predicted octanol–water partition coefficient (Wildman–Crippen LogP) is 3.59. The molecule has 1 heteroatoms. The van der Waals surface area contributed by atoms with E-state index >= 15 is 0 Å². The summed E-state index contributed by atoms with van der Waals surface area (Å²) >= 11 is 0. The fourth-order valence-electron chi connectivity index (χ4n) is 2.63. The van der Waals surface area contributed by atoms with E-state index in [0.717, 1.165) is 11.9 Å². The molecule has 1 rings (SSSR count). The lowest BCUT2D eigenvalue weighted by molar-refractivity contribution is -0.106. The summed E-state index contributed by atoms with van der Waals surface area (Å²) in [5.74, 6) is 0. The molecule has 1 aliphatic carbocycles. The number of hydrogen-bond acceptors (Lipinski definition) is 1. The van der Waals surface area contributed by atoms with Crippen LogP contribution in [0.3, 0.4) is 0 Å². The van der Waals surface area contributed by atoms with Crippen LogP contribution in [0, 0.1) is 16.2 Å². The Labute approximate surface area is 87.6 Å². The largest absolute Gasteiger partial charge is 0.298 e. The zero-order chi connectivity index (χ0) is 11.4. The number of carbonyl (C=O) groups is 1. The molecule has 0 N–H and O–H groups in total. The summed E-state index contributed by atoms with van der Waals surface area (Å²) < 4.78 is 0. The van der Waals surface area contributed by atoms with Crippen molar-refractivity contribution in [3.8, 4) is 0 Å². The topological polar surface area (TPSA) is 17.1 Å². The summed E-state index contributed by atoms with van der Waals surface area (Å²) in [7, 11) is 0. The molecule has 1 aliphatic rings. The van der Waals surface area contributed by atoms with Gasteiger partial charge in [-0.15, -0.1) is 0 Å². The summed E-state index contributed by atoms with van der Waals surface area (Å²) in [6, 6.07) is 0. The van der Waals surface area contributed by atoms with Crippen LogP contribution in [0.2, 0.25) is 0 Å². The zero-order valence-corrected chi connectivity index (χ0v) is 10.5. The molecule has 0 spiro atoms. The first-order chi connectivity index (χ1) is 6.10. The summed E-state index contributed by atoms with van der Waals surface area (Å²) in [5, 5.41) is 0. The van der Waals surface area contributed by atoms with Crippen LogP contribution in [0.5, 0.6) is 0 Å². The van der Waals surface area contributed by atoms with Crippen LogP contribution in [0.25, 0.3) is 0 Å². The minimum atomic E-state index is -0.0255. The van der Waals surface area contributed by atoms with Gasteiger partial charge in [0.25, 0.3) is 0 Å². The molecule has 0 aliphatic heterocycles. The number of allylic oxidation sites excluding steroid dienone is 2. The molecule has 0 fully saturated rings. The molecule has 0 radical (unpaired) electrons. The van der Waals surface area contributed by atoms with Crippen molar-refractivity contribution in [2.75, 3.05) is 0 Å². The van der Waals surface area contributed by atoms with Gasteiger partial charge in [0.15, 0.2) is 0 Å². The van der Waals surface area contributed by atoms with E-state index in [2.05, 4.69) is 48.5 Å². The van der Waals surface area contributed by atoms with Gasteiger partial charge in [0, 0.05) is 0 Å². The molecule has 1 nitrogen and oxygen atoms in total. The molecule has 0 aromatic rings. The minimum absolute atomic E-state index is 0.0255. The van der Waals surface area contributed by atoms with Crippen molar-refractivity contribution in [3.63, 3.8) is 0 Å². The van der Waals surface area contributed by atoms with Gasteiger partial charge in [-0.05, 0) is 28.7 Å². The monoisotopic (exact) mass is 194 g/mol. The number of rotatable bonds is 1. The van der Waals surface area contributed by atoms with E-state index < -0.39 is 0 Å². The van der Waals surface area contributed by atoms with E-state index in [9.17, 15) is 4.79 Å². The van der Waals surface area contributed by atoms with Gasteiger partial charge >= 0.3 is 0 Å². The molecule has 80 valence electrons.